The molecular formula is C19H30N4O2S. The number of amides is 2. The van der Waals surface area contributed by atoms with Crippen molar-refractivity contribution in [3.05, 3.63) is 11.1 Å². The second kappa shape index (κ2) is 8.48. The summed E-state index contributed by atoms with van der Waals surface area (Å²) < 4.78 is 0. The molecule has 7 heteroatoms. The first-order chi connectivity index (χ1) is 12.4. The molecule has 2 saturated heterocycles. The second-order valence-corrected chi connectivity index (χ2v) is 9.04. The van der Waals surface area contributed by atoms with Crippen molar-refractivity contribution >= 4 is 28.3 Å². The molecule has 2 amide bonds. The topological polar surface area (TPSA) is 65.5 Å². The van der Waals surface area contributed by atoms with Gasteiger partial charge in [0.25, 0.3) is 0 Å². The molecule has 0 spiro atoms. The monoisotopic (exact) mass is 378 g/mol. The molecule has 6 nitrogen and oxygen atoms in total. The fourth-order valence-corrected chi connectivity index (χ4v) is 4.36. The van der Waals surface area contributed by atoms with Crippen LogP contribution in [0, 0.1) is 17.8 Å². The molecule has 3 rings (SSSR count). The smallest absolute Gasteiger partial charge is 0.231 e. The van der Waals surface area contributed by atoms with Crippen molar-refractivity contribution in [3.63, 3.8) is 0 Å². The summed E-state index contributed by atoms with van der Waals surface area (Å²) in [6.45, 7) is 10.8. The molecule has 0 bridgehead atoms. The summed E-state index contributed by atoms with van der Waals surface area (Å²) in [7, 11) is 0. The highest BCUT2D eigenvalue weighted by molar-refractivity contribution is 7.13. The Morgan fingerprint density at radius 1 is 1.38 bits per heavy atom. The zero-order chi connectivity index (χ0) is 18.7. The minimum Gasteiger partial charge on any atom is -0.342 e. The standard InChI is InChI=1S/C19H30N4O2S/c1-13(2)9-23-10-15(8-17(23)24)18(25)21-19-20-16(12-26-19)11-22-6-4-14(3)5-7-22/h12-15H,4-11H2,1-3H3,(H,20,21,25). The zero-order valence-electron chi connectivity index (χ0n) is 16.0. The first-order valence-corrected chi connectivity index (χ1v) is 10.5. The van der Waals surface area contributed by atoms with Crippen LogP contribution < -0.4 is 5.32 Å². The van der Waals surface area contributed by atoms with E-state index in [4.69, 9.17) is 0 Å². The number of nitrogens with one attached hydrogen (secondary N) is 1. The maximum Gasteiger partial charge on any atom is 0.231 e. The summed E-state index contributed by atoms with van der Waals surface area (Å²) >= 11 is 1.47. The molecule has 2 aliphatic heterocycles. The van der Waals surface area contributed by atoms with Gasteiger partial charge in [-0.2, -0.15) is 0 Å². The van der Waals surface area contributed by atoms with Gasteiger partial charge in [-0.05, 0) is 37.8 Å². The van der Waals surface area contributed by atoms with Crippen LogP contribution in [0.4, 0.5) is 5.13 Å². The van der Waals surface area contributed by atoms with E-state index in [0.717, 1.165) is 37.8 Å². The van der Waals surface area contributed by atoms with Gasteiger partial charge in [-0.25, -0.2) is 4.98 Å². The van der Waals surface area contributed by atoms with Crippen LogP contribution in [-0.2, 0) is 16.1 Å². The lowest BCUT2D eigenvalue weighted by Gasteiger charge is -2.29. The van der Waals surface area contributed by atoms with E-state index in [1.807, 2.05) is 5.38 Å². The van der Waals surface area contributed by atoms with Crippen molar-refractivity contribution in [1.82, 2.24) is 14.8 Å². The fraction of sp³-hybridized carbons (Fsp3) is 0.737. The third kappa shape index (κ3) is 5.04. The summed E-state index contributed by atoms with van der Waals surface area (Å²) in [6, 6.07) is 0. The molecule has 1 unspecified atom stereocenters. The quantitative estimate of drug-likeness (QED) is 0.827. The Labute approximate surface area is 160 Å². The average molecular weight is 379 g/mol. The van der Waals surface area contributed by atoms with Gasteiger partial charge >= 0.3 is 0 Å². The predicted molar refractivity (Wildman–Crippen MR) is 104 cm³/mol. The lowest BCUT2D eigenvalue weighted by Crippen LogP contribution is -2.32. The molecule has 2 fully saturated rings. The van der Waals surface area contributed by atoms with Crippen molar-refractivity contribution in [3.8, 4) is 0 Å². The first-order valence-electron chi connectivity index (χ1n) is 9.66. The van der Waals surface area contributed by atoms with Gasteiger partial charge < -0.3 is 10.2 Å². The SMILES string of the molecule is CC(C)CN1CC(C(=O)Nc2nc(CN3CCC(C)CC3)cs2)CC1=O. The van der Waals surface area contributed by atoms with E-state index in [1.165, 1.54) is 24.2 Å². The number of piperidine rings is 1. The van der Waals surface area contributed by atoms with E-state index in [9.17, 15) is 9.59 Å². The van der Waals surface area contributed by atoms with E-state index in [1.54, 1.807) is 4.90 Å². The van der Waals surface area contributed by atoms with Gasteiger partial charge in [-0.15, -0.1) is 11.3 Å². The van der Waals surface area contributed by atoms with Crippen molar-refractivity contribution in [1.29, 1.82) is 0 Å². The predicted octanol–water partition coefficient (Wildman–Crippen LogP) is 2.82. The number of nitrogens with zero attached hydrogens (tertiary/aromatic N) is 3. The Morgan fingerprint density at radius 2 is 2.12 bits per heavy atom. The normalized spacial score (nSPS) is 22.4. The van der Waals surface area contributed by atoms with Gasteiger partial charge in [0.15, 0.2) is 5.13 Å². The number of carbonyl (C=O) groups excluding carboxylic acids is 2. The van der Waals surface area contributed by atoms with Gasteiger partial charge in [0.05, 0.1) is 11.6 Å². The Hall–Kier alpha value is -1.47. The maximum absolute atomic E-state index is 12.5. The Balaban J connectivity index is 1.49. The minimum absolute atomic E-state index is 0.0815. The third-order valence-corrected chi connectivity index (χ3v) is 6.02. The molecule has 2 aliphatic rings. The van der Waals surface area contributed by atoms with Crippen molar-refractivity contribution < 1.29 is 9.59 Å². The van der Waals surface area contributed by atoms with Crippen LogP contribution in [0.15, 0.2) is 5.38 Å². The van der Waals surface area contributed by atoms with Gasteiger partial charge in [0.1, 0.15) is 0 Å². The highest BCUT2D eigenvalue weighted by atomic mass is 32.1. The lowest BCUT2D eigenvalue weighted by molar-refractivity contribution is -0.128. The number of hydrogen-bond acceptors (Lipinski definition) is 5. The van der Waals surface area contributed by atoms with Crippen molar-refractivity contribution in [2.45, 2.75) is 46.6 Å². The van der Waals surface area contributed by atoms with E-state index < -0.39 is 0 Å². The van der Waals surface area contributed by atoms with Gasteiger partial charge in [0, 0.05) is 31.4 Å². The molecule has 0 aromatic carbocycles. The van der Waals surface area contributed by atoms with E-state index in [0.29, 0.717) is 24.0 Å². The number of carbonyl (C=O) groups is 2. The molecule has 1 atom stereocenters. The molecule has 26 heavy (non-hydrogen) atoms. The molecule has 1 aromatic rings. The number of hydrogen-bond donors (Lipinski definition) is 1. The van der Waals surface area contributed by atoms with Gasteiger partial charge in [-0.3, -0.25) is 14.5 Å². The van der Waals surface area contributed by atoms with Crippen LogP contribution in [0.5, 0.6) is 0 Å². The molecule has 0 saturated carbocycles. The van der Waals surface area contributed by atoms with Crippen molar-refractivity contribution in [2.75, 3.05) is 31.5 Å². The molecule has 144 valence electrons. The number of rotatable bonds is 6. The molecule has 1 N–H and O–H groups in total. The number of thiazole rings is 1. The number of likely N-dealkylation sites (tertiary alicyclic amines) is 2. The maximum atomic E-state index is 12.5. The van der Waals surface area contributed by atoms with Crippen LogP contribution >= 0.6 is 11.3 Å². The number of aromatic nitrogens is 1. The van der Waals surface area contributed by atoms with Crippen LogP contribution in [0.3, 0.4) is 0 Å². The molecule has 0 radical (unpaired) electrons. The van der Waals surface area contributed by atoms with E-state index in [-0.39, 0.29) is 17.7 Å². The molecule has 3 heterocycles. The van der Waals surface area contributed by atoms with E-state index in [2.05, 4.69) is 36.0 Å². The van der Waals surface area contributed by atoms with Gasteiger partial charge in [-0.1, -0.05) is 20.8 Å². The van der Waals surface area contributed by atoms with Crippen LogP contribution in [0.2, 0.25) is 0 Å². The van der Waals surface area contributed by atoms with Gasteiger partial charge in [0.2, 0.25) is 11.8 Å². The Morgan fingerprint density at radius 3 is 2.81 bits per heavy atom. The molecule has 1 aromatic heterocycles. The molecular weight excluding hydrogens is 348 g/mol. The largest absolute Gasteiger partial charge is 0.342 e. The van der Waals surface area contributed by atoms with Crippen molar-refractivity contribution in [2.24, 2.45) is 17.8 Å². The van der Waals surface area contributed by atoms with Crippen LogP contribution in [-0.4, -0.2) is 52.8 Å². The molecule has 0 aliphatic carbocycles. The number of anilines is 1. The van der Waals surface area contributed by atoms with Crippen LogP contribution in [0.25, 0.3) is 0 Å². The highest BCUT2D eigenvalue weighted by Crippen LogP contribution is 2.24. The summed E-state index contributed by atoms with van der Waals surface area (Å²) in [5, 5.41) is 5.58. The summed E-state index contributed by atoms with van der Waals surface area (Å²) in [6.07, 6.45) is 2.80. The van der Waals surface area contributed by atoms with Crippen LogP contribution in [0.1, 0.15) is 45.7 Å². The summed E-state index contributed by atoms with van der Waals surface area (Å²) in [5.74, 6) is 0.966. The lowest BCUT2D eigenvalue weighted by atomic mass is 9.99. The fourth-order valence-electron chi connectivity index (χ4n) is 3.66. The first kappa shape index (κ1) is 19.3. The summed E-state index contributed by atoms with van der Waals surface area (Å²) in [5.41, 5.74) is 1.02. The average Bonchev–Trinajstić information content (AvgIpc) is 3.16. The zero-order valence-corrected chi connectivity index (χ0v) is 16.8. The second-order valence-electron chi connectivity index (χ2n) is 8.19. The minimum atomic E-state index is -0.266. The summed E-state index contributed by atoms with van der Waals surface area (Å²) in [4.78, 5) is 33.3. The third-order valence-electron chi connectivity index (χ3n) is 5.21. The Kier molecular flexibility index (Phi) is 6.29. The van der Waals surface area contributed by atoms with E-state index >= 15 is 0 Å². The highest BCUT2D eigenvalue weighted by Gasteiger charge is 2.34. The Bertz CT molecular complexity index is 637.